The van der Waals surface area contributed by atoms with Crippen molar-refractivity contribution in [3.05, 3.63) is 70.4 Å². The largest absolute Gasteiger partial charge is 0.486 e. The van der Waals surface area contributed by atoms with E-state index in [-0.39, 0.29) is 5.91 Å². The van der Waals surface area contributed by atoms with E-state index in [1.165, 1.54) is 16.9 Å². The lowest BCUT2D eigenvalue weighted by Gasteiger charge is -2.36. The van der Waals surface area contributed by atoms with Crippen molar-refractivity contribution in [3.63, 3.8) is 0 Å². The molecule has 0 atom stereocenters. The highest BCUT2D eigenvalue weighted by molar-refractivity contribution is 7.09. The molecule has 1 fully saturated rings. The Hall–Kier alpha value is -2.93. The Morgan fingerprint density at radius 1 is 1.07 bits per heavy atom. The van der Waals surface area contributed by atoms with Gasteiger partial charge in [0.25, 0.3) is 0 Å². The Morgan fingerprint density at radius 2 is 1.79 bits per heavy atom. The van der Waals surface area contributed by atoms with Crippen LogP contribution in [0.3, 0.4) is 0 Å². The topological polar surface area (TPSA) is 58.6 Å². The first-order valence-electron chi connectivity index (χ1n) is 9.73. The van der Waals surface area contributed by atoms with Gasteiger partial charge in [0.15, 0.2) is 0 Å². The quantitative estimate of drug-likeness (QED) is 0.626. The van der Waals surface area contributed by atoms with Gasteiger partial charge in [0.05, 0.1) is 12.1 Å². The second-order valence-electron chi connectivity index (χ2n) is 7.08. The summed E-state index contributed by atoms with van der Waals surface area (Å²) in [6.07, 6.45) is 3.95. The molecule has 1 saturated heterocycles. The summed E-state index contributed by atoms with van der Waals surface area (Å²) < 4.78 is 5.78. The van der Waals surface area contributed by atoms with Gasteiger partial charge < -0.3 is 14.5 Å². The molecule has 0 N–H and O–H groups in total. The summed E-state index contributed by atoms with van der Waals surface area (Å²) in [6, 6.07) is 12.0. The number of benzene rings is 1. The molecule has 150 valence electrons. The van der Waals surface area contributed by atoms with Crippen molar-refractivity contribution in [3.8, 4) is 5.75 Å². The molecule has 7 heteroatoms. The molecular formula is C22H24N4O2S. The molecule has 0 aliphatic carbocycles. The first-order chi connectivity index (χ1) is 14.2. The summed E-state index contributed by atoms with van der Waals surface area (Å²) in [6.45, 7) is 5.60. The minimum atomic E-state index is 0.135. The van der Waals surface area contributed by atoms with Gasteiger partial charge in [-0.25, -0.2) is 4.98 Å². The van der Waals surface area contributed by atoms with Gasteiger partial charge in [-0.05, 0) is 31.2 Å². The minimum absolute atomic E-state index is 0.135. The van der Waals surface area contributed by atoms with Crippen molar-refractivity contribution in [1.82, 2.24) is 14.9 Å². The Kier molecular flexibility index (Phi) is 6.05. The summed E-state index contributed by atoms with van der Waals surface area (Å²) in [4.78, 5) is 25.5. The number of hydrogen-bond donors (Lipinski definition) is 0. The average molecular weight is 409 g/mol. The zero-order valence-corrected chi connectivity index (χ0v) is 17.3. The number of carbonyl (C=O) groups is 1. The van der Waals surface area contributed by atoms with Crippen LogP contribution in [0, 0.1) is 6.92 Å². The van der Waals surface area contributed by atoms with Crippen LogP contribution in [0.5, 0.6) is 5.75 Å². The summed E-state index contributed by atoms with van der Waals surface area (Å²) in [5, 5.41) is 2.84. The lowest BCUT2D eigenvalue weighted by Crippen LogP contribution is -2.49. The summed E-state index contributed by atoms with van der Waals surface area (Å²) >= 11 is 1.54. The van der Waals surface area contributed by atoms with Crippen molar-refractivity contribution >= 4 is 22.9 Å². The fraction of sp³-hybridized carbons (Fsp3) is 0.318. The van der Waals surface area contributed by atoms with Crippen LogP contribution in [-0.2, 0) is 17.8 Å². The van der Waals surface area contributed by atoms with Crippen LogP contribution in [0.25, 0.3) is 0 Å². The van der Waals surface area contributed by atoms with Crippen LogP contribution in [0.4, 0.5) is 5.69 Å². The number of rotatable bonds is 6. The van der Waals surface area contributed by atoms with Crippen LogP contribution < -0.4 is 9.64 Å². The highest BCUT2D eigenvalue weighted by atomic mass is 32.1. The van der Waals surface area contributed by atoms with Crippen molar-refractivity contribution in [2.75, 3.05) is 31.1 Å². The lowest BCUT2D eigenvalue weighted by atomic mass is 10.2. The van der Waals surface area contributed by atoms with E-state index in [2.05, 4.69) is 14.9 Å². The van der Waals surface area contributed by atoms with Gasteiger partial charge in [0.2, 0.25) is 5.91 Å². The van der Waals surface area contributed by atoms with E-state index in [4.69, 9.17) is 4.74 Å². The zero-order valence-electron chi connectivity index (χ0n) is 16.5. The number of pyridine rings is 1. The molecule has 2 aromatic heterocycles. The molecule has 29 heavy (non-hydrogen) atoms. The number of thiazole rings is 1. The van der Waals surface area contributed by atoms with E-state index < -0.39 is 0 Å². The van der Waals surface area contributed by atoms with Crippen molar-refractivity contribution in [2.45, 2.75) is 20.0 Å². The van der Waals surface area contributed by atoms with Crippen LogP contribution in [0.15, 0.2) is 54.2 Å². The molecular weight excluding hydrogens is 384 g/mol. The molecule has 0 radical (unpaired) electrons. The number of amides is 1. The van der Waals surface area contributed by atoms with Gasteiger partial charge in [0, 0.05) is 49.6 Å². The number of anilines is 1. The predicted molar refractivity (Wildman–Crippen MR) is 114 cm³/mol. The van der Waals surface area contributed by atoms with Gasteiger partial charge in [0.1, 0.15) is 17.4 Å². The molecule has 0 unspecified atom stereocenters. The maximum Gasteiger partial charge on any atom is 0.228 e. The number of aromatic nitrogens is 2. The van der Waals surface area contributed by atoms with Crippen LogP contribution >= 0.6 is 11.3 Å². The van der Waals surface area contributed by atoms with Crippen molar-refractivity contribution in [1.29, 1.82) is 0 Å². The Balaban J connectivity index is 1.25. The molecule has 0 bridgehead atoms. The van der Waals surface area contributed by atoms with E-state index in [0.29, 0.717) is 13.0 Å². The standard InChI is InChI=1S/C22H24N4O2S/c1-17-2-4-20(5-3-17)28-15-21-24-18(16-29-21)14-22(27)26-12-10-25(11-13-26)19-6-8-23-9-7-19/h2-9,16H,10-15H2,1H3. The van der Waals surface area contributed by atoms with Gasteiger partial charge in [-0.15, -0.1) is 11.3 Å². The van der Waals surface area contributed by atoms with Gasteiger partial charge >= 0.3 is 0 Å². The van der Waals surface area contributed by atoms with E-state index in [9.17, 15) is 4.79 Å². The number of piperazine rings is 1. The van der Waals surface area contributed by atoms with E-state index in [0.717, 1.165) is 48.3 Å². The SMILES string of the molecule is Cc1ccc(OCc2nc(CC(=O)N3CCN(c4ccncc4)CC3)cs2)cc1. The zero-order chi connectivity index (χ0) is 20.1. The van der Waals surface area contributed by atoms with Gasteiger partial charge in [-0.2, -0.15) is 0 Å². The average Bonchev–Trinajstić information content (AvgIpc) is 3.21. The summed E-state index contributed by atoms with van der Waals surface area (Å²) in [5.74, 6) is 0.964. The number of nitrogens with zero attached hydrogens (tertiary/aromatic N) is 4. The third-order valence-corrected chi connectivity index (χ3v) is 5.85. The molecule has 1 aliphatic rings. The highest BCUT2D eigenvalue weighted by Crippen LogP contribution is 2.18. The molecule has 1 aliphatic heterocycles. The number of aryl methyl sites for hydroxylation is 1. The first-order valence-corrected chi connectivity index (χ1v) is 10.6. The number of carbonyl (C=O) groups excluding carboxylic acids is 1. The normalized spacial score (nSPS) is 14.1. The van der Waals surface area contributed by atoms with Gasteiger partial charge in [-0.1, -0.05) is 17.7 Å². The lowest BCUT2D eigenvalue weighted by molar-refractivity contribution is -0.130. The third-order valence-electron chi connectivity index (χ3n) is 4.98. The minimum Gasteiger partial charge on any atom is -0.486 e. The Labute approximate surface area is 174 Å². The molecule has 3 aromatic rings. The van der Waals surface area contributed by atoms with Crippen molar-refractivity contribution < 1.29 is 9.53 Å². The van der Waals surface area contributed by atoms with Crippen molar-refractivity contribution in [2.24, 2.45) is 0 Å². The monoisotopic (exact) mass is 408 g/mol. The number of hydrogen-bond acceptors (Lipinski definition) is 6. The summed E-state index contributed by atoms with van der Waals surface area (Å²) in [7, 11) is 0. The predicted octanol–water partition coefficient (Wildman–Crippen LogP) is 3.32. The molecule has 1 amide bonds. The maximum absolute atomic E-state index is 12.7. The van der Waals surface area contributed by atoms with Crippen LogP contribution in [-0.4, -0.2) is 47.0 Å². The van der Waals surface area contributed by atoms with Crippen LogP contribution in [0.2, 0.25) is 0 Å². The smallest absolute Gasteiger partial charge is 0.228 e. The fourth-order valence-electron chi connectivity index (χ4n) is 3.31. The van der Waals surface area contributed by atoms with Crippen LogP contribution in [0.1, 0.15) is 16.3 Å². The van der Waals surface area contributed by atoms with E-state index in [1.54, 1.807) is 12.4 Å². The Morgan fingerprint density at radius 3 is 2.52 bits per heavy atom. The first kappa shape index (κ1) is 19.4. The molecule has 1 aromatic carbocycles. The molecule has 3 heterocycles. The molecule has 0 spiro atoms. The van der Waals surface area contributed by atoms with E-state index in [1.807, 2.05) is 53.6 Å². The highest BCUT2D eigenvalue weighted by Gasteiger charge is 2.22. The molecule has 4 rings (SSSR count). The number of ether oxygens (including phenoxy) is 1. The second-order valence-corrected chi connectivity index (χ2v) is 8.03. The summed E-state index contributed by atoms with van der Waals surface area (Å²) in [5.41, 5.74) is 3.18. The second kappa shape index (κ2) is 9.05. The molecule has 6 nitrogen and oxygen atoms in total. The maximum atomic E-state index is 12.7. The van der Waals surface area contributed by atoms with E-state index >= 15 is 0 Å². The molecule has 0 saturated carbocycles. The fourth-order valence-corrected chi connectivity index (χ4v) is 4.02. The Bertz CT molecular complexity index is 935. The third kappa shape index (κ3) is 5.12. The van der Waals surface area contributed by atoms with Gasteiger partial charge in [-0.3, -0.25) is 9.78 Å².